The van der Waals surface area contributed by atoms with Crippen molar-refractivity contribution in [2.75, 3.05) is 0 Å². The largest absolute Gasteiger partial charge is 0.264 e. The molecule has 0 saturated carbocycles. The molecule has 0 fully saturated rings. The van der Waals surface area contributed by atoms with Gasteiger partial charge in [-0.3, -0.25) is 4.68 Å². The fourth-order valence-electron chi connectivity index (χ4n) is 3.53. The smallest absolute Gasteiger partial charge is 0.182 e. The summed E-state index contributed by atoms with van der Waals surface area (Å²) < 4.78 is 3.70. The molecule has 0 radical (unpaired) electrons. The zero-order valence-electron chi connectivity index (χ0n) is 16.6. The number of hydrogen-bond donors (Lipinski definition) is 0. The monoisotopic (exact) mass is 422 g/mol. The van der Waals surface area contributed by atoms with Gasteiger partial charge in [0.05, 0.1) is 28.3 Å². The zero-order valence-corrected chi connectivity index (χ0v) is 18.1. The first kappa shape index (κ1) is 18.3. The van der Waals surface area contributed by atoms with Gasteiger partial charge in [0, 0.05) is 10.4 Å². The van der Waals surface area contributed by atoms with Gasteiger partial charge in [-0.25, -0.2) is 14.5 Å². The number of halogens is 1. The van der Waals surface area contributed by atoms with Crippen LogP contribution in [0.4, 0.5) is 0 Å². The summed E-state index contributed by atoms with van der Waals surface area (Å²) in [5.41, 5.74) is 6.03. The van der Waals surface area contributed by atoms with Crippen LogP contribution in [0, 0.1) is 27.7 Å². The predicted molar refractivity (Wildman–Crippen MR) is 117 cm³/mol. The maximum Gasteiger partial charge on any atom is 0.182 e. The highest BCUT2D eigenvalue weighted by Crippen LogP contribution is 2.31. The molecule has 0 bridgehead atoms. The Labute approximate surface area is 176 Å². The first-order valence-corrected chi connectivity index (χ1v) is 10.5. The zero-order chi connectivity index (χ0) is 20.3. The van der Waals surface area contributed by atoms with Gasteiger partial charge in [0.2, 0.25) is 0 Å². The minimum Gasteiger partial charge on any atom is -0.264 e. The van der Waals surface area contributed by atoms with E-state index in [-0.39, 0.29) is 0 Å². The minimum atomic E-state index is 0.677. The Bertz CT molecular complexity index is 1380. The maximum atomic E-state index is 6.26. The van der Waals surface area contributed by atoms with E-state index in [1.807, 2.05) is 30.7 Å². The summed E-state index contributed by atoms with van der Waals surface area (Å²) in [6.45, 7) is 8.82. The van der Waals surface area contributed by atoms with Gasteiger partial charge in [0.1, 0.15) is 11.2 Å². The summed E-state index contributed by atoms with van der Waals surface area (Å²) in [4.78, 5) is 11.6. The Balaban J connectivity index is 1.50. The number of fused-ring (bicyclic) bond motifs is 3. The quantitative estimate of drug-likeness (QED) is 0.404. The van der Waals surface area contributed by atoms with Gasteiger partial charge in [-0.05, 0) is 38.8 Å². The minimum absolute atomic E-state index is 0.677. The number of thiophene rings is 1. The third-order valence-electron chi connectivity index (χ3n) is 5.34. The third kappa shape index (κ3) is 2.92. The van der Waals surface area contributed by atoms with Gasteiger partial charge in [-0.2, -0.15) is 5.10 Å². The van der Waals surface area contributed by atoms with Crippen molar-refractivity contribution in [3.63, 3.8) is 0 Å². The number of aryl methyl sites for hydroxylation is 3. The lowest BCUT2D eigenvalue weighted by Crippen LogP contribution is -2.03. The van der Waals surface area contributed by atoms with Crippen LogP contribution >= 0.6 is 22.9 Å². The Hall–Kier alpha value is -2.77. The van der Waals surface area contributed by atoms with Crippen LogP contribution in [-0.4, -0.2) is 29.4 Å². The van der Waals surface area contributed by atoms with Gasteiger partial charge < -0.3 is 0 Å². The van der Waals surface area contributed by atoms with E-state index < -0.39 is 0 Å². The van der Waals surface area contributed by atoms with E-state index in [4.69, 9.17) is 16.6 Å². The molecule has 5 aromatic rings. The Morgan fingerprint density at radius 2 is 1.79 bits per heavy atom. The second kappa shape index (κ2) is 6.64. The number of hydrogen-bond acceptors (Lipinski definition) is 5. The van der Waals surface area contributed by atoms with E-state index in [1.54, 1.807) is 22.2 Å². The molecule has 0 unspecified atom stereocenters. The van der Waals surface area contributed by atoms with Crippen molar-refractivity contribution in [2.45, 2.75) is 34.2 Å². The summed E-state index contributed by atoms with van der Waals surface area (Å²) in [6, 6.07) is 8.26. The van der Waals surface area contributed by atoms with Crippen LogP contribution in [0.1, 0.15) is 27.4 Å². The maximum absolute atomic E-state index is 6.26. The van der Waals surface area contributed by atoms with E-state index in [0.29, 0.717) is 12.4 Å². The molecule has 4 heterocycles. The number of nitrogens with zero attached hydrogens (tertiary/aromatic N) is 6. The average molecular weight is 423 g/mol. The molecule has 5 rings (SSSR count). The molecule has 4 aromatic heterocycles. The van der Waals surface area contributed by atoms with Crippen molar-refractivity contribution in [3.8, 4) is 11.4 Å². The second-order valence-electron chi connectivity index (χ2n) is 7.25. The van der Waals surface area contributed by atoms with Crippen molar-refractivity contribution < 1.29 is 0 Å². The normalized spacial score (nSPS) is 11.8. The van der Waals surface area contributed by atoms with Crippen molar-refractivity contribution in [3.05, 3.63) is 63.0 Å². The molecule has 146 valence electrons. The highest BCUT2D eigenvalue weighted by molar-refractivity contribution is 7.18. The number of aromatic nitrogens is 6. The van der Waals surface area contributed by atoms with Crippen LogP contribution in [0.3, 0.4) is 0 Å². The molecule has 0 aliphatic rings. The molecule has 6 nitrogen and oxygen atoms in total. The molecule has 0 N–H and O–H groups in total. The molecular weight excluding hydrogens is 404 g/mol. The highest BCUT2D eigenvalue weighted by atomic mass is 35.5. The summed E-state index contributed by atoms with van der Waals surface area (Å²) in [7, 11) is 0. The van der Waals surface area contributed by atoms with E-state index in [0.717, 1.165) is 43.4 Å². The van der Waals surface area contributed by atoms with E-state index in [1.165, 1.54) is 10.4 Å². The topological polar surface area (TPSA) is 60.9 Å². The number of benzene rings is 1. The van der Waals surface area contributed by atoms with Crippen molar-refractivity contribution >= 4 is 38.8 Å². The average Bonchev–Trinajstić information content (AvgIpc) is 3.34. The van der Waals surface area contributed by atoms with Crippen LogP contribution in [0.5, 0.6) is 0 Å². The first-order chi connectivity index (χ1) is 13.9. The van der Waals surface area contributed by atoms with E-state index >= 15 is 0 Å². The fraction of sp³-hybridized carbons (Fsp3) is 0.238. The summed E-state index contributed by atoms with van der Waals surface area (Å²) in [5, 5.41) is 11.0. The Morgan fingerprint density at radius 3 is 2.48 bits per heavy atom. The molecule has 0 spiro atoms. The van der Waals surface area contributed by atoms with Crippen LogP contribution in [0.25, 0.3) is 27.3 Å². The number of rotatable bonds is 3. The van der Waals surface area contributed by atoms with Crippen LogP contribution < -0.4 is 0 Å². The summed E-state index contributed by atoms with van der Waals surface area (Å²) in [6.07, 6.45) is 1.74. The highest BCUT2D eigenvalue weighted by Gasteiger charge is 2.15. The standard InChI is InChI=1S/C21H19ClN6S/c1-11-14(4)29-21-17(11)20-24-19(26-28(20)10-23-21)16-7-5-15(6-8-16)9-27-13(3)18(22)12(2)25-27/h5-8,10H,9H2,1-4H3. The molecule has 1 aromatic carbocycles. The van der Waals surface area contributed by atoms with Crippen LogP contribution in [-0.2, 0) is 6.54 Å². The van der Waals surface area contributed by atoms with Crippen molar-refractivity contribution in [2.24, 2.45) is 0 Å². The van der Waals surface area contributed by atoms with Crippen LogP contribution in [0.15, 0.2) is 30.6 Å². The van der Waals surface area contributed by atoms with Crippen molar-refractivity contribution in [1.82, 2.24) is 29.4 Å². The lowest BCUT2D eigenvalue weighted by Gasteiger charge is -2.05. The third-order valence-corrected chi connectivity index (χ3v) is 7.01. The molecule has 0 atom stereocenters. The molecule has 0 amide bonds. The van der Waals surface area contributed by atoms with Gasteiger partial charge in [-0.15, -0.1) is 16.4 Å². The van der Waals surface area contributed by atoms with E-state index in [2.05, 4.69) is 41.2 Å². The fourth-order valence-corrected chi connectivity index (χ4v) is 4.65. The molecule has 29 heavy (non-hydrogen) atoms. The molecule has 8 heteroatoms. The molecular formula is C21H19ClN6S. The first-order valence-electron chi connectivity index (χ1n) is 9.32. The Morgan fingerprint density at radius 1 is 1.03 bits per heavy atom. The predicted octanol–water partition coefficient (Wildman–Crippen LogP) is 5.14. The summed E-state index contributed by atoms with van der Waals surface area (Å²) >= 11 is 7.95. The van der Waals surface area contributed by atoms with Gasteiger partial charge in [0.25, 0.3) is 0 Å². The van der Waals surface area contributed by atoms with Gasteiger partial charge in [0.15, 0.2) is 11.5 Å². The van der Waals surface area contributed by atoms with E-state index in [9.17, 15) is 0 Å². The molecule has 0 aliphatic carbocycles. The second-order valence-corrected chi connectivity index (χ2v) is 8.83. The lowest BCUT2D eigenvalue weighted by molar-refractivity contribution is 0.659. The molecule has 0 aliphatic heterocycles. The SMILES string of the molecule is Cc1nn(Cc2ccc(-c3nc4c5c(C)c(C)sc5ncn4n3)cc2)c(C)c1Cl. The van der Waals surface area contributed by atoms with Gasteiger partial charge in [-0.1, -0.05) is 35.9 Å². The summed E-state index contributed by atoms with van der Waals surface area (Å²) in [5.74, 6) is 0.697. The molecule has 0 saturated heterocycles. The lowest BCUT2D eigenvalue weighted by atomic mass is 10.1. The Kier molecular flexibility index (Phi) is 4.18. The van der Waals surface area contributed by atoms with Crippen LogP contribution in [0.2, 0.25) is 5.02 Å². The van der Waals surface area contributed by atoms with Crippen molar-refractivity contribution in [1.29, 1.82) is 0 Å². The van der Waals surface area contributed by atoms with Gasteiger partial charge >= 0.3 is 0 Å².